The van der Waals surface area contributed by atoms with Gasteiger partial charge in [0.2, 0.25) is 0 Å². The highest BCUT2D eigenvalue weighted by Crippen LogP contribution is 2.33. The highest BCUT2D eigenvalue weighted by molar-refractivity contribution is 6.30. The Balaban J connectivity index is 1.30. The molecule has 4 heterocycles. The lowest BCUT2D eigenvalue weighted by molar-refractivity contribution is 0.111. The van der Waals surface area contributed by atoms with Gasteiger partial charge in [-0.1, -0.05) is 11.6 Å². The Labute approximate surface area is 209 Å². The quantitative estimate of drug-likeness (QED) is 0.381. The Bertz CT molecular complexity index is 1310. The summed E-state index contributed by atoms with van der Waals surface area (Å²) in [6, 6.07) is 10.9. The summed E-state index contributed by atoms with van der Waals surface area (Å²) in [6.07, 6.45) is 3.49. The minimum absolute atomic E-state index is 0.356. The second-order valence-electron chi connectivity index (χ2n) is 9.14. The Morgan fingerprint density at radius 2 is 1.86 bits per heavy atom. The maximum Gasteiger partial charge on any atom is 0.132 e. The van der Waals surface area contributed by atoms with Crippen molar-refractivity contribution in [2.75, 3.05) is 44.6 Å². The summed E-state index contributed by atoms with van der Waals surface area (Å²) in [7, 11) is 0. The SMILES string of the molecule is CC(C)N1CCN(CCNc2cnc3ccc(-c4cn[nH]c4-c4cc(Cl)ccc4F)nc3c2)CC1. The zero-order valence-corrected chi connectivity index (χ0v) is 20.7. The summed E-state index contributed by atoms with van der Waals surface area (Å²) in [6.45, 7) is 10.8. The molecule has 7 nitrogen and oxygen atoms in total. The first-order valence-corrected chi connectivity index (χ1v) is 12.3. The van der Waals surface area contributed by atoms with Crippen LogP contribution in [0, 0.1) is 5.82 Å². The molecule has 182 valence electrons. The smallest absolute Gasteiger partial charge is 0.132 e. The van der Waals surface area contributed by atoms with Crippen LogP contribution >= 0.6 is 11.6 Å². The van der Waals surface area contributed by atoms with E-state index in [4.69, 9.17) is 16.6 Å². The topological polar surface area (TPSA) is 73.0 Å². The van der Waals surface area contributed by atoms with Gasteiger partial charge in [-0.15, -0.1) is 0 Å². The van der Waals surface area contributed by atoms with Crippen molar-refractivity contribution < 1.29 is 4.39 Å². The number of anilines is 1. The van der Waals surface area contributed by atoms with E-state index in [0.29, 0.717) is 33.6 Å². The van der Waals surface area contributed by atoms with Gasteiger partial charge in [-0.3, -0.25) is 19.9 Å². The number of aromatic amines is 1. The Kier molecular flexibility index (Phi) is 6.95. The number of aromatic nitrogens is 4. The molecule has 1 fully saturated rings. The number of fused-ring (bicyclic) bond motifs is 1. The van der Waals surface area contributed by atoms with Crippen molar-refractivity contribution in [3.05, 3.63) is 59.6 Å². The van der Waals surface area contributed by atoms with E-state index in [0.717, 1.165) is 56.0 Å². The van der Waals surface area contributed by atoms with Crippen molar-refractivity contribution in [3.8, 4) is 22.5 Å². The molecule has 1 aromatic carbocycles. The van der Waals surface area contributed by atoms with Crippen molar-refractivity contribution >= 4 is 28.3 Å². The third kappa shape index (κ3) is 5.29. The molecule has 2 N–H and O–H groups in total. The first-order valence-electron chi connectivity index (χ1n) is 11.9. The van der Waals surface area contributed by atoms with Gasteiger partial charge in [-0.05, 0) is 50.2 Å². The third-order valence-electron chi connectivity index (χ3n) is 6.54. The molecule has 0 aliphatic carbocycles. The van der Waals surface area contributed by atoms with E-state index in [1.807, 2.05) is 24.4 Å². The zero-order chi connectivity index (χ0) is 24.4. The summed E-state index contributed by atoms with van der Waals surface area (Å²) in [5, 5.41) is 11.0. The van der Waals surface area contributed by atoms with Crippen LogP contribution in [0.3, 0.4) is 0 Å². The van der Waals surface area contributed by atoms with Gasteiger partial charge in [0.25, 0.3) is 0 Å². The van der Waals surface area contributed by atoms with E-state index < -0.39 is 0 Å². The fourth-order valence-electron chi connectivity index (χ4n) is 4.49. The molecule has 0 amide bonds. The minimum atomic E-state index is -0.375. The third-order valence-corrected chi connectivity index (χ3v) is 6.78. The zero-order valence-electron chi connectivity index (χ0n) is 19.9. The summed E-state index contributed by atoms with van der Waals surface area (Å²) >= 11 is 6.10. The molecule has 5 rings (SSSR count). The minimum Gasteiger partial charge on any atom is -0.382 e. The highest BCUT2D eigenvalue weighted by Gasteiger charge is 2.18. The lowest BCUT2D eigenvalue weighted by Gasteiger charge is -2.36. The maximum atomic E-state index is 14.5. The molecule has 0 atom stereocenters. The average molecular weight is 494 g/mol. The van der Waals surface area contributed by atoms with Crippen molar-refractivity contribution in [1.82, 2.24) is 30.0 Å². The summed E-state index contributed by atoms with van der Waals surface area (Å²) < 4.78 is 14.5. The fraction of sp³-hybridized carbons (Fsp3) is 0.346. The molecule has 0 spiro atoms. The number of rotatable bonds is 7. The summed E-state index contributed by atoms with van der Waals surface area (Å²) in [5.41, 5.74) is 4.76. The van der Waals surface area contributed by atoms with Crippen LogP contribution in [0.5, 0.6) is 0 Å². The number of pyridine rings is 2. The highest BCUT2D eigenvalue weighted by atomic mass is 35.5. The van der Waals surface area contributed by atoms with Gasteiger partial charge >= 0.3 is 0 Å². The number of hydrogen-bond acceptors (Lipinski definition) is 6. The van der Waals surface area contributed by atoms with E-state index >= 15 is 0 Å². The van der Waals surface area contributed by atoms with Gasteiger partial charge < -0.3 is 5.32 Å². The molecule has 0 unspecified atom stereocenters. The van der Waals surface area contributed by atoms with Crippen LogP contribution < -0.4 is 5.32 Å². The number of piperazine rings is 1. The maximum absolute atomic E-state index is 14.5. The molecule has 1 saturated heterocycles. The Morgan fingerprint density at radius 1 is 1.03 bits per heavy atom. The van der Waals surface area contributed by atoms with Gasteiger partial charge in [-0.25, -0.2) is 9.37 Å². The molecule has 0 saturated carbocycles. The molecule has 3 aromatic heterocycles. The second-order valence-corrected chi connectivity index (χ2v) is 9.58. The molecule has 0 radical (unpaired) electrons. The van der Waals surface area contributed by atoms with Crippen LogP contribution in [0.15, 0.2) is 48.8 Å². The van der Waals surface area contributed by atoms with Crippen molar-refractivity contribution in [2.45, 2.75) is 19.9 Å². The molecular weight excluding hydrogens is 465 g/mol. The van der Waals surface area contributed by atoms with Gasteiger partial charge in [0.05, 0.1) is 40.5 Å². The van der Waals surface area contributed by atoms with Crippen LogP contribution in [0.2, 0.25) is 5.02 Å². The van der Waals surface area contributed by atoms with Gasteiger partial charge in [0, 0.05) is 61.5 Å². The van der Waals surface area contributed by atoms with E-state index in [1.165, 1.54) is 12.1 Å². The molecule has 9 heteroatoms. The molecular formula is C26H29ClFN7. The van der Waals surface area contributed by atoms with E-state index in [-0.39, 0.29) is 5.82 Å². The molecule has 1 aliphatic heterocycles. The molecule has 35 heavy (non-hydrogen) atoms. The van der Waals surface area contributed by atoms with Crippen LogP contribution in [-0.2, 0) is 0 Å². The van der Waals surface area contributed by atoms with Crippen LogP contribution in [0.4, 0.5) is 10.1 Å². The van der Waals surface area contributed by atoms with Gasteiger partial charge in [-0.2, -0.15) is 5.10 Å². The number of nitrogens with zero attached hydrogens (tertiary/aromatic N) is 5. The second kappa shape index (κ2) is 10.3. The van der Waals surface area contributed by atoms with Crippen molar-refractivity contribution in [3.63, 3.8) is 0 Å². The monoisotopic (exact) mass is 493 g/mol. The predicted molar refractivity (Wildman–Crippen MR) is 139 cm³/mol. The molecule has 1 aliphatic rings. The predicted octanol–water partition coefficient (Wildman–Crippen LogP) is 4.92. The van der Waals surface area contributed by atoms with E-state index in [9.17, 15) is 4.39 Å². The first-order chi connectivity index (χ1) is 17.0. The van der Waals surface area contributed by atoms with Gasteiger partial charge in [0.15, 0.2) is 0 Å². The number of hydrogen-bond donors (Lipinski definition) is 2. The van der Waals surface area contributed by atoms with Gasteiger partial charge in [0.1, 0.15) is 5.82 Å². The summed E-state index contributed by atoms with van der Waals surface area (Å²) in [4.78, 5) is 14.4. The molecule has 0 bridgehead atoms. The number of H-pyrrole nitrogens is 1. The van der Waals surface area contributed by atoms with Crippen molar-refractivity contribution in [1.29, 1.82) is 0 Å². The molecule has 4 aromatic rings. The lowest BCUT2D eigenvalue weighted by atomic mass is 10.0. The Morgan fingerprint density at radius 3 is 2.66 bits per heavy atom. The number of nitrogens with one attached hydrogen (secondary N) is 2. The van der Waals surface area contributed by atoms with Crippen LogP contribution in [0.25, 0.3) is 33.5 Å². The summed E-state index contributed by atoms with van der Waals surface area (Å²) in [5.74, 6) is -0.375. The van der Waals surface area contributed by atoms with Crippen molar-refractivity contribution in [2.24, 2.45) is 0 Å². The largest absolute Gasteiger partial charge is 0.382 e. The number of halogens is 2. The van der Waals surface area contributed by atoms with E-state index in [2.05, 4.69) is 44.1 Å². The standard InChI is InChI=1S/C26H29ClFN7/c1-17(2)35-11-9-34(10-12-35)8-7-29-19-14-25-24(30-15-19)6-5-23(32-25)21-16-31-33-26(21)20-13-18(27)3-4-22(20)28/h3-6,13-17,29H,7-12H2,1-2H3,(H,31,33). The Hall–Kier alpha value is -3.07. The van der Waals surface area contributed by atoms with E-state index in [1.54, 1.807) is 12.3 Å². The normalized spacial score (nSPS) is 15.2. The fourth-order valence-corrected chi connectivity index (χ4v) is 4.66. The van der Waals surface area contributed by atoms with Crippen LogP contribution in [0.1, 0.15) is 13.8 Å². The lowest BCUT2D eigenvalue weighted by Crippen LogP contribution is -2.49. The number of benzene rings is 1. The first kappa shape index (κ1) is 23.7. The van der Waals surface area contributed by atoms with Crippen LogP contribution in [-0.4, -0.2) is 75.3 Å². The average Bonchev–Trinajstić information content (AvgIpc) is 3.35.